The van der Waals surface area contributed by atoms with Gasteiger partial charge in [-0.25, -0.2) is 4.39 Å². The van der Waals surface area contributed by atoms with Crippen molar-refractivity contribution in [2.45, 2.75) is 52.9 Å². The first kappa shape index (κ1) is 25.4. The Kier molecular flexibility index (Phi) is 6.29. The molecule has 200 valence electrons. The number of anilines is 1. The molecule has 0 radical (unpaired) electrons. The van der Waals surface area contributed by atoms with Gasteiger partial charge >= 0.3 is 6.01 Å². The highest BCUT2D eigenvalue weighted by atomic mass is 19.1. The third-order valence-electron chi connectivity index (χ3n) is 8.56. The van der Waals surface area contributed by atoms with Crippen LogP contribution in [0.3, 0.4) is 0 Å². The van der Waals surface area contributed by atoms with Crippen molar-refractivity contribution in [2.75, 3.05) is 24.6 Å². The fourth-order valence-electron chi connectivity index (χ4n) is 5.89. The highest BCUT2D eigenvalue weighted by molar-refractivity contribution is 6.04. The number of nitrogens with zero attached hydrogens (tertiary/aromatic N) is 4. The van der Waals surface area contributed by atoms with Gasteiger partial charge in [0.1, 0.15) is 17.4 Å². The minimum absolute atomic E-state index is 0.0531. The average molecular weight is 525 g/mol. The van der Waals surface area contributed by atoms with Crippen LogP contribution in [0.15, 0.2) is 30.5 Å². The summed E-state index contributed by atoms with van der Waals surface area (Å²) in [5.41, 5.74) is 3.05. The Morgan fingerprint density at radius 3 is 2.79 bits per heavy atom. The molecule has 2 fully saturated rings. The van der Waals surface area contributed by atoms with Crippen LogP contribution in [0, 0.1) is 36.4 Å². The maximum atomic E-state index is 14.8. The normalized spacial score (nSPS) is 18.3. The Morgan fingerprint density at radius 2 is 2.08 bits per heavy atom. The Balaban J connectivity index is 1.55. The first-order valence-corrected chi connectivity index (χ1v) is 13.8. The van der Waals surface area contributed by atoms with E-state index in [4.69, 9.17) is 26.1 Å². The van der Waals surface area contributed by atoms with Gasteiger partial charge in [0, 0.05) is 41.2 Å². The van der Waals surface area contributed by atoms with Crippen molar-refractivity contribution < 1.29 is 14.2 Å². The number of phenols is 1. The van der Waals surface area contributed by atoms with Crippen molar-refractivity contribution in [1.29, 1.82) is 0 Å². The highest BCUT2D eigenvalue weighted by Gasteiger charge is 2.41. The third-order valence-corrected chi connectivity index (χ3v) is 8.56. The minimum Gasteiger partial charge on any atom is -0.508 e. The SMILES string of the molecule is C#Cc1c(F)ccc2cc(O)cc(-c3ncc4c(N5CCCC(C)C5)nc(OCC5(CC)CC5)nc4c3C)c12. The fourth-order valence-corrected chi connectivity index (χ4v) is 5.89. The van der Waals surface area contributed by atoms with E-state index in [0.29, 0.717) is 40.6 Å². The van der Waals surface area contributed by atoms with E-state index >= 15 is 0 Å². The smallest absolute Gasteiger partial charge is 0.318 e. The van der Waals surface area contributed by atoms with Gasteiger partial charge in [-0.2, -0.15) is 9.97 Å². The first-order chi connectivity index (χ1) is 18.8. The molecule has 1 aliphatic carbocycles. The maximum absolute atomic E-state index is 14.8. The molecule has 2 aromatic carbocycles. The third kappa shape index (κ3) is 4.52. The second-order valence-corrected chi connectivity index (χ2v) is 11.3. The Bertz CT molecular complexity index is 1640. The highest BCUT2D eigenvalue weighted by Crippen LogP contribution is 2.48. The summed E-state index contributed by atoms with van der Waals surface area (Å²) in [5.74, 6) is 3.46. The van der Waals surface area contributed by atoms with Gasteiger partial charge in [0.2, 0.25) is 0 Å². The number of ether oxygens (including phenoxy) is 1. The zero-order valence-corrected chi connectivity index (χ0v) is 22.7. The quantitative estimate of drug-likeness (QED) is 0.280. The molecule has 1 saturated heterocycles. The topological polar surface area (TPSA) is 71.4 Å². The van der Waals surface area contributed by atoms with Gasteiger partial charge in [0.25, 0.3) is 0 Å². The number of benzene rings is 2. The van der Waals surface area contributed by atoms with Crippen molar-refractivity contribution in [3.05, 3.63) is 47.4 Å². The van der Waals surface area contributed by atoms with Crippen LogP contribution in [0.25, 0.3) is 32.9 Å². The molecule has 0 amide bonds. The molecular weight excluding hydrogens is 491 g/mol. The summed E-state index contributed by atoms with van der Waals surface area (Å²) in [5, 5.41) is 12.6. The van der Waals surface area contributed by atoms with Gasteiger partial charge in [-0.3, -0.25) is 4.98 Å². The molecule has 7 heteroatoms. The van der Waals surface area contributed by atoms with Gasteiger partial charge < -0.3 is 14.7 Å². The van der Waals surface area contributed by atoms with E-state index in [0.717, 1.165) is 48.2 Å². The molecule has 1 aliphatic heterocycles. The van der Waals surface area contributed by atoms with Crippen molar-refractivity contribution in [3.8, 4) is 35.4 Å². The number of aromatic nitrogens is 3. The lowest BCUT2D eigenvalue weighted by Crippen LogP contribution is -2.35. The summed E-state index contributed by atoms with van der Waals surface area (Å²) in [6.45, 7) is 8.84. The van der Waals surface area contributed by atoms with Crippen molar-refractivity contribution >= 4 is 27.5 Å². The predicted molar refractivity (Wildman–Crippen MR) is 153 cm³/mol. The number of rotatable bonds is 6. The molecule has 1 N–H and O–H groups in total. The van der Waals surface area contributed by atoms with Crippen LogP contribution >= 0.6 is 0 Å². The Morgan fingerprint density at radius 1 is 1.26 bits per heavy atom. The van der Waals surface area contributed by atoms with E-state index in [2.05, 4.69) is 24.7 Å². The summed E-state index contributed by atoms with van der Waals surface area (Å²) in [6, 6.07) is 6.49. The molecule has 0 bridgehead atoms. The van der Waals surface area contributed by atoms with Crippen molar-refractivity contribution in [2.24, 2.45) is 11.3 Å². The number of phenolic OH excluding ortho intramolecular Hbond substituents is 1. The number of terminal acetylenes is 1. The average Bonchev–Trinajstić information content (AvgIpc) is 3.72. The zero-order chi connectivity index (χ0) is 27.3. The van der Waals surface area contributed by atoms with Crippen LogP contribution in [0.2, 0.25) is 0 Å². The van der Waals surface area contributed by atoms with Gasteiger partial charge in [-0.05, 0) is 68.5 Å². The van der Waals surface area contributed by atoms with E-state index in [1.807, 2.05) is 6.92 Å². The first-order valence-electron chi connectivity index (χ1n) is 13.8. The number of halogens is 1. The lowest BCUT2D eigenvalue weighted by atomic mass is 9.94. The van der Waals surface area contributed by atoms with Gasteiger partial charge in [0.15, 0.2) is 0 Å². The molecule has 6 nitrogen and oxygen atoms in total. The standard InChI is InChI=1S/C32H33FN4O2/c1-5-23-26(33)10-9-21-14-22(38)15-24(27(21)23)28-20(4)29-25(16-34-28)30(37-13-7-8-19(3)17-37)36-31(35-29)39-18-32(6-2)11-12-32/h1,9-10,14-16,19,38H,6-8,11-13,17-18H2,2-4H3. The van der Waals surface area contributed by atoms with Crippen LogP contribution in [0.4, 0.5) is 10.2 Å². The monoisotopic (exact) mass is 524 g/mol. The van der Waals surface area contributed by atoms with Crippen LogP contribution in [0.5, 0.6) is 11.8 Å². The number of hydrogen-bond donors (Lipinski definition) is 1. The number of piperidine rings is 1. The minimum atomic E-state index is -0.486. The molecule has 3 heterocycles. The van der Waals surface area contributed by atoms with Gasteiger partial charge in [0.05, 0.1) is 28.8 Å². The number of aryl methyl sites for hydroxylation is 1. The van der Waals surface area contributed by atoms with Gasteiger partial charge in [-0.15, -0.1) is 6.42 Å². The summed E-state index contributed by atoms with van der Waals surface area (Å²) in [7, 11) is 0. The van der Waals surface area contributed by atoms with Crippen molar-refractivity contribution in [1.82, 2.24) is 15.0 Å². The van der Waals surface area contributed by atoms with E-state index in [-0.39, 0.29) is 16.7 Å². The number of fused-ring (bicyclic) bond motifs is 2. The molecule has 1 unspecified atom stereocenters. The molecular formula is C32H33FN4O2. The summed E-state index contributed by atoms with van der Waals surface area (Å²) >= 11 is 0. The molecule has 4 aromatic rings. The van der Waals surface area contributed by atoms with Gasteiger partial charge in [-0.1, -0.05) is 25.8 Å². The lowest BCUT2D eigenvalue weighted by molar-refractivity contribution is 0.214. The molecule has 6 rings (SSSR count). The molecule has 2 aromatic heterocycles. The van der Waals surface area contributed by atoms with E-state index in [1.165, 1.54) is 25.3 Å². The Labute approximate surface area is 228 Å². The molecule has 0 spiro atoms. The van der Waals surface area contributed by atoms with Crippen LogP contribution in [-0.2, 0) is 0 Å². The lowest BCUT2D eigenvalue weighted by Gasteiger charge is -2.32. The van der Waals surface area contributed by atoms with Crippen LogP contribution in [-0.4, -0.2) is 39.8 Å². The van der Waals surface area contributed by atoms with E-state index in [9.17, 15) is 9.50 Å². The molecule has 1 atom stereocenters. The zero-order valence-electron chi connectivity index (χ0n) is 22.7. The second-order valence-electron chi connectivity index (χ2n) is 11.3. The maximum Gasteiger partial charge on any atom is 0.318 e. The summed E-state index contributed by atoms with van der Waals surface area (Å²) in [6.07, 6.45) is 13.2. The fraction of sp³-hybridized carbons (Fsp3) is 0.406. The number of hydrogen-bond acceptors (Lipinski definition) is 6. The number of aromatic hydroxyl groups is 1. The Hall–Kier alpha value is -3.92. The molecule has 2 aliphatic rings. The molecule has 1 saturated carbocycles. The largest absolute Gasteiger partial charge is 0.508 e. The van der Waals surface area contributed by atoms with Crippen molar-refractivity contribution in [3.63, 3.8) is 0 Å². The number of pyridine rings is 1. The predicted octanol–water partition coefficient (Wildman–Crippen LogP) is 6.78. The van der Waals surface area contributed by atoms with E-state index < -0.39 is 5.82 Å². The van der Waals surface area contributed by atoms with Crippen LogP contribution < -0.4 is 9.64 Å². The summed E-state index contributed by atoms with van der Waals surface area (Å²) in [4.78, 5) is 16.9. The summed E-state index contributed by atoms with van der Waals surface area (Å²) < 4.78 is 21.0. The van der Waals surface area contributed by atoms with E-state index in [1.54, 1.807) is 24.4 Å². The second kappa shape index (κ2) is 9.68. The van der Waals surface area contributed by atoms with Crippen LogP contribution in [0.1, 0.15) is 57.1 Å². The molecule has 39 heavy (non-hydrogen) atoms.